The highest BCUT2D eigenvalue weighted by atomic mass is 32.1. The van der Waals surface area contributed by atoms with E-state index in [9.17, 15) is 0 Å². The van der Waals surface area contributed by atoms with Gasteiger partial charge in [-0.15, -0.1) is 11.3 Å². The molecule has 0 aromatic carbocycles. The third-order valence-electron chi connectivity index (χ3n) is 3.37. The molecule has 2 N–H and O–H groups in total. The molecule has 0 saturated heterocycles. The molecule has 3 aromatic heterocycles. The van der Waals surface area contributed by atoms with E-state index in [1.54, 1.807) is 11.3 Å². The Hall–Kier alpha value is -1.88. The van der Waals surface area contributed by atoms with E-state index in [4.69, 9.17) is 10.2 Å². The van der Waals surface area contributed by atoms with Crippen LogP contribution in [0.5, 0.6) is 0 Å². The molecule has 4 rings (SSSR count). The summed E-state index contributed by atoms with van der Waals surface area (Å²) in [6.45, 7) is 2.05. The Morgan fingerprint density at radius 3 is 2.95 bits per heavy atom. The van der Waals surface area contributed by atoms with E-state index >= 15 is 0 Å². The van der Waals surface area contributed by atoms with E-state index in [0.717, 1.165) is 16.0 Å². The lowest BCUT2D eigenvalue weighted by molar-refractivity contribution is 0.522. The number of anilines is 1. The van der Waals surface area contributed by atoms with E-state index in [1.807, 2.05) is 25.1 Å². The standard InChI is InChI=1S/C14H13N3OS/c1-7-6-9-12(15)16-13(17-14(9)19-7)11-5-4-10(18-11)8-2-3-8/h4-6,8H,2-3H2,1H3,(H2,15,16,17). The van der Waals surface area contributed by atoms with Crippen molar-refractivity contribution in [3.63, 3.8) is 0 Å². The van der Waals surface area contributed by atoms with E-state index < -0.39 is 0 Å². The number of furan rings is 1. The number of aryl methyl sites for hydroxylation is 1. The van der Waals surface area contributed by atoms with Crippen molar-refractivity contribution < 1.29 is 4.42 Å². The van der Waals surface area contributed by atoms with Crippen LogP contribution >= 0.6 is 11.3 Å². The molecule has 0 radical (unpaired) electrons. The van der Waals surface area contributed by atoms with Crippen LogP contribution in [0.25, 0.3) is 21.8 Å². The van der Waals surface area contributed by atoms with Crippen LogP contribution in [0.3, 0.4) is 0 Å². The smallest absolute Gasteiger partial charge is 0.199 e. The van der Waals surface area contributed by atoms with Crippen molar-refractivity contribution in [1.29, 1.82) is 0 Å². The number of nitrogens with two attached hydrogens (primary N) is 1. The zero-order valence-corrected chi connectivity index (χ0v) is 11.3. The minimum atomic E-state index is 0.522. The Morgan fingerprint density at radius 1 is 1.32 bits per heavy atom. The highest BCUT2D eigenvalue weighted by Gasteiger charge is 2.27. The zero-order chi connectivity index (χ0) is 13.0. The lowest BCUT2D eigenvalue weighted by Gasteiger charge is -1.99. The first-order valence-corrected chi connectivity index (χ1v) is 7.16. The van der Waals surface area contributed by atoms with Gasteiger partial charge in [0.2, 0.25) is 0 Å². The second-order valence-corrected chi connectivity index (χ2v) is 6.22. The fourth-order valence-corrected chi connectivity index (χ4v) is 3.12. The molecule has 1 fully saturated rings. The van der Waals surface area contributed by atoms with E-state index in [0.29, 0.717) is 23.3 Å². The molecule has 5 heteroatoms. The van der Waals surface area contributed by atoms with Gasteiger partial charge >= 0.3 is 0 Å². The van der Waals surface area contributed by atoms with Crippen LogP contribution < -0.4 is 5.73 Å². The minimum absolute atomic E-state index is 0.522. The third-order valence-corrected chi connectivity index (χ3v) is 4.32. The molecule has 0 aliphatic heterocycles. The zero-order valence-electron chi connectivity index (χ0n) is 10.5. The second-order valence-electron chi connectivity index (χ2n) is 4.98. The van der Waals surface area contributed by atoms with Gasteiger partial charge < -0.3 is 10.2 Å². The highest BCUT2D eigenvalue weighted by molar-refractivity contribution is 7.18. The summed E-state index contributed by atoms with van der Waals surface area (Å²) in [5.41, 5.74) is 6.00. The average Bonchev–Trinajstić information content (AvgIpc) is 2.98. The molecule has 1 aliphatic carbocycles. The molecular formula is C14H13N3OS. The molecule has 0 spiro atoms. The van der Waals surface area contributed by atoms with Crippen LogP contribution in [0.1, 0.15) is 29.4 Å². The van der Waals surface area contributed by atoms with Crippen molar-refractivity contribution in [2.24, 2.45) is 0 Å². The van der Waals surface area contributed by atoms with E-state index in [2.05, 4.69) is 9.97 Å². The third kappa shape index (κ3) is 1.81. The number of fused-ring (bicyclic) bond motifs is 1. The molecule has 1 saturated carbocycles. The Kier molecular flexibility index (Phi) is 2.20. The molecule has 1 aliphatic rings. The quantitative estimate of drug-likeness (QED) is 0.771. The number of rotatable bonds is 2. The Morgan fingerprint density at radius 2 is 2.16 bits per heavy atom. The van der Waals surface area contributed by atoms with E-state index in [1.165, 1.54) is 17.7 Å². The molecule has 96 valence electrons. The topological polar surface area (TPSA) is 64.9 Å². The summed E-state index contributed by atoms with van der Waals surface area (Å²) in [4.78, 5) is 11.0. The molecule has 19 heavy (non-hydrogen) atoms. The number of hydrogen-bond donors (Lipinski definition) is 1. The largest absolute Gasteiger partial charge is 0.457 e. The Balaban J connectivity index is 1.84. The fraction of sp³-hybridized carbons (Fsp3) is 0.286. The van der Waals surface area contributed by atoms with Crippen molar-refractivity contribution in [2.45, 2.75) is 25.7 Å². The van der Waals surface area contributed by atoms with Crippen molar-refractivity contribution in [3.05, 3.63) is 28.8 Å². The Bertz CT molecular complexity index is 770. The van der Waals surface area contributed by atoms with Crippen LogP contribution in [0, 0.1) is 6.92 Å². The maximum absolute atomic E-state index is 6.00. The lowest BCUT2D eigenvalue weighted by atomic mass is 10.3. The predicted molar refractivity (Wildman–Crippen MR) is 76.2 cm³/mol. The fourth-order valence-electron chi connectivity index (χ4n) is 2.23. The van der Waals surface area contributed by atoms with Gasteiger partial charge in [0.15, 0.2) is 11.6 Å². The average molecular weight is 271 g/mol. The van der Waals surface area contributed by atoms with Gasteiger partial charge in [0.05, 0.1) is 5.39 Å². The highest BCUT2D eigenvalue weighted by Crippen LogP contribution is 2.42. The molecular weight excluding hydrogens is 258 g/mol. The van der Waals surface area contributed by atoms with Gasteiger partial charge in [-0.2, -0.15) is 0 Å². The molecule has 3 heterocycles. The summed E-state index contributed by atoms with van der Waals surface area (Å²) in [5.74, 6) is 3.45. The van der Waals surface area contributed by atoms with Crippen molar-refractivity contribution in [1.82, 2.24) is 9.97 Å². The van der Waals surface area contributed by atoms with Gasteiger partial charge in [0.1, 0.15) is 16.4 Å². The van der Waals surface area contributed by atoms with E-state index in [-0.39, 0.29) is 0 Å². The first-order valence-electron chi connectivity index (χ1n) is 6.34. The van der Waals surface area contributed by atoms with Gasteiger partial charge in [-0.25, -0.2) is 9.97 Å². The molecule has 0 bridgehead atoms. The Labute approximate surface area is 114 Å². The molecule has 3 aromatic rings. The number of nitrogen functional groups attached to an aromatic ring is 1. The summed E-state index contributed by atoms with van der Waals surface area (Å²) in [5, 5.41) is 0.931. The lowest BCUT2D eigenvalue weighted by Crippen LogP contribution is -1.95. The van der Waals surface area contributed by atoms with Crippen LogP contribution in [0.2, 0.25) is 0 Å². The maximum atomic E-state index is 6.00. The summed E-state index contributed by atoms with van der Waals surface area (Å²) in [6.07, 6.45) is 2.44. The molecule has 0 unspecified atom stereocenters. The summed E-state index contributed by atoms with van der Waals surface area (Å²) in [7, 11) is 0. The summed E-state index contributed by atoms with van der Waals surface area (Å²) < 4.78 is 5.83. The summed E-state index contributed by atoms with van der Waals surface area (Å²) in [6, 6.07) is 5.99. The molecule has 4 nitrogen and oxygen atoms in total. The van der Waals surface area contributed by atoms with Gasteiger partial charge in [-0.05, 0) is 38.0 Å². The normalized spacial score (nSPS) is 15.2. The SMILES string of the molecule is Cc1cc2c(N)nc(-c3ccc(C4CC4)o3)nc2s1. The number of hydrogen-bond acceptors (Lipinski definition) is 5. The van der Waals surface area contributed by atoms with Gasteiger partial charge in [-0.3, -0.25) is 0 Å². The number of nitrogens with zero attached hydrogens (tertiary/aromatic N) is 2. The van der Waals surface area contributed by atoms with Crippen molar-refractivity contribution in [2.75, 3.05) is 5.73 Å². The first-order chi connectivity index (χ1) is 9.20. The molecule has 0 atom stereocenters. The maximum Gasteiger partial charge on any atom is 0.199 e. The second kappa shape index (κ2) is 3.81. The summed E-state index contributed by atoms with van der Waals surface area (Å²) >= 11 is 1.63. The van der Waals surface area contributed by atoms with Crippen molar-refractivity contribution >= 4 is 27.4 Å². The minimum Gasteiger partial charge on any atom is -0.457 e. The van der Waals surface area contributed by atoms with Crippen LogP contribution in [-0.4, -0.2) is 9.97 Å². The first kappa shape index (κ1) is 11.0. The van der Waals surface area contributed by atoms with Gasteiger partial charge in [-0.1, -0.05) is 0 Å². The van der Waals surface area contributed by atoms with Gasteiger partial charge in [0.25, 0.3) is 0 Å². The van der Waals surface area contributed by atoms with Crippen molar-refractivity contribution in [3.8, 4) is 11.6 Å². The molecule has 0 amide bonds. The van der Waals surface area contributed by atoms with Gasteiger partial charge in [0, 0.05) is 10.8 Å². The van der Waals surface area contributed by atoms with Crippen LogP contribution in [-0.2, 0) is 0 Å². The monoisotopic (exact) mass is 271 g/mol. The van der Waals surface area contributed by atoms with Crippen LogP contribution in [0.4, 0.5) is 5.82 Å². The van der Waals surface area contributed by atoms with Crippen LogP contribution in [0.15, 0.2) is 22.6 Å². The number of aromatic nitrogens is 2. The number of thiophene rings is 1. The predicted octanol–water partition coefficient (Wildman–Crippen LogP) is 3.72.